The number of aliphatic hydroxyl groups is 2. The summed E-state index contributed by atoms with van der Waals surface area (Å²) in [5, 5.41) is 17.3. The largest absolute Gasteiger partial charge is 0.394 e. The van der Waals surface area contributed by atoms with Crippen molar-refractivity contribution in [2.45, 2.75) is 12.5 Å². The van der Waals surface area contributed by atoms with Crippen LogP contribution in [0.2, 0.25) is 0 Å². The van der Waals surface area contributed by atoms with Gasteiger partial charge in [0.05, 0.1) is 52.9 Å². The van der Waals surface area contributed by atoms with Gasteiger partial charge in [0, 0.05) is 6.61 Å². The van der Waals surface area contributed by atoms with Crippen LogP contribution in [-0.2, 0) is 18.9 Å². The molecule has 0 aromatic rings. The highest BCUT2D eigenvalue weighted by atomic mass is 16.6. The van der Waals surface area contributed by atoms with E-state index in [1.54, 1.807) is 0 Å². The number of nitrogens with two attached hydrogens (primary N) is 1. The lowest BCUT2D eigenvalue weighted by atomic mass is 10.4. The molecule has 0 unspecified atom stereocenters. The molecule has 0 aliphatic heterocycles. The summed E-state index contributed by atoms with van der Waals surface area (Å²) in [6, 6.07) is 0. The van der Waals surface area contributed by atoms with Gasteiger partial charge in [-0.3, -0.25) is 0 Å². The highest BCUT2D eigenvalue weighted by molar-refractivity contribution is 4.55. The van der Waals surface area contributed by atoms with E-state index in [-0.39, 0.29) is 32.5 Å². The zero-order valence-corrected chi connectivity index (χ0v) is 11.5. The van der Waals surface area contributed by atoms with Gasteiger partial charge in [0.15, 0.2) is 0 Å². The van der Waals surface area contributed by atoms with E-state index in [2.05, 4.69) is 0 Å². The first-order chi connectivity index (χ1) is 9.35. The van der Waals surface area contributed by atoms with Crippen LogP contribution in [0.25, 0.3) is 0 Å². The topological polar surface area (TPSA) is 103 Å². The summed E-state index contributed by atoms with van der Waals surface area (Å²) in [5.41, 5.74) is 5.34. The molecule has 0 radical (unpaired) electrons. The normalized spacial score (nSPS) is 11.4. The van der Waals surface area contributed by atoms with Gasteiger partial charge in [-0.05, 0) is 13.0 Å². The molecule has 0 aromatic heterocycles. The number of aliphatic hydroxyl groups excluding tert-OH is 2. The summed E-state index contributed by atoms with van der Waals surface area (Å²) in [6.07, 6.45) is 0.610. The van der Waals surface area contributed by atoms with Crippen molar-refractivity contribution in [3.05, 3.63) is 0 Å². The highest BCUT2D eigenvalue weighted by Gasteiger charge is 2.09. The van der Waals surface area contributed by atoms with Crippen LogP contribution in [-0.4, -0.2) is 82.3 Å². The van der Waals surface area contributed by atoms with E-state index in [0.29, 0.717) is 39.6 Å². The van der Waals surface area contributed by atoms with Crippen molar-refractivity contribution in [1.29, 1.82) is 0 Å². The van der Waals surface area contributed by atoms with Gasteiger partial charge < -0.3 is 34.9 Å². The number of hydrogen-bond acceptors (Lipinski definition) is 7. The summed E-state index contributed by atoms with van der Waals surface area (Å²) in [6.45, 7) is 3.37. The fraction of sp³-hybridized carbons (Fsp3) is 1.00. The molecule has 7 heteroatoms. The Morgan fingerprint density at radius 1 is 0.789 bits per heavy atom. The van der Waals surface area contributed by atoms with Crippen molar-refractivity contribution in [2.24, 2.45) is 5.73 Å². The Bertz CT molecular complexity index is 162. The van der Waals surface area contributed by atoms with Gasteiger partial charge >= 0.3 is 0 Å². The summed E-state index contributed by atoms with van der Waals surface area (Å²) >= 11 is 0. The summed E-state index contributed by atoms with van der Waals surface area (Å²) in [5.74, 6) is 0. The van der Waals surface area contributed by atoms with Gasteiger partial charge in [0.1, 0.15) is 6.10 Å². The van der Waals surface area contributed by atoms with E-state index in [1.807, 2.05) is 0 Å². The van der Waals surface area contributed by atoms with E-state index < -0.39 is 0 Å². The van der Waals surface area contributed by atoms with E-state index in [1.165, 1.54) is 0 Å². The summed E-state index contributed by atoms with van der Waals surface area (Å²) in [7, 11) is 0. The second-order valence-electron chi connectivity index (χ2n) is 3.84. The van der Waals surface area contributed by atoms with Crippen molar-refractivity contribution in [3.63, 3.8) is 0 Å². The molecule has 0 saturated carbocycles. The van der Waals surface area contributed by atoms with Gasteiger partial charge in [-0.2, -0.15) is 0 Å². The molecule has 0 aliphatic rings. The Morgan fingerprint density at radius 3 is 1.95 bits per heavy atom. The minimum absolute atomic E-state index is 0.0214. The maximum Gasteiger partial charge on any atom is 0.104 e. The Labute approximate surface area is 114 Å². The molecule has 0 fully saturated rings. The molecule has 0 saturated heterocycles. The number of hydrogen-bond donors (Lipinski definition) is 3. The van der Waals surface area contributed by atoms with Crippen LogP contribution >= 0.6 is 0 Å². The smallest absolute Gasteiger partial charge is 0.104 e. The van der Waals surface area contributed by atoms with E-state index >= 15 is 0 Å². The maximum atomic E-state index is 8.63. The fourth-order valence-corrected chi connectivity index (χ4v) is 1.26. The first-order valence-corrected chi connectivity index (χ1v) is 6.61. The molecular formula is C12H27NO6. The summed E-state index contributed by atoms with van der Waals surface area (Å²) in [4.78, 5) is 0. The van der Waals surface area contributed by atoms with E-state index in [9.17, 15) is 0 Å². The van der Waals surface area contributed by atoms with Gasteiger partial charge in [-0.1, -0.05) is 0 Å². The molecule has 0 rings (SSSR count). The molecule has 19 heavy (non-hydrogen) atoms. The van der Waals surface area contributed by atoms with Crippen molar-refractivity contribution in [3.8, 4) is 0 Å². The van der Waals surface area contributed by atoms with Crippen molar-refractivity contribution in [2.75, 3.05) is 66.0 Å². The third kappa shape index (κ3) is 13.9. The van der Waals surface area contributed by atoms with Crippen LogP contribution in [0.4, 0.5) is 0 Å². The quantitative estimate of drug-likeness (QED) is 0.322. The second-order valence-corrected chi connectivity index (χ2v) is 3.84. The van der Waals surface area contributed by atoms with Crippen molar-refractivity contribution >= 4 is 0 Å². The first kappa shape index (κ1) is 18.7. The molecule has 0 aromatic carbocycles. The molecule has 0 heterocycles. The van der Waals surface area contributed by atoms with Gasteiger partial charge in [0.2, 0.25) is 0 Å². The van der Waals surface area contributed by atoms with Crippen LogP contribution in [0.1, 0.15) is 6.42 Å². The maximum absolute atomic E-state index is 8.63. The molecule has 116 valence electrons. The van der Waals surface area contributed by atoms with E-state index in [0.717, 1.165) is 6.42 Å². The van der Waals surface area contributed by atoms with Gasteiger partial charge in [-0.15, -0.1) is 0 Å². The molecule has 7 nitrogen and oxygen atoms in total. The molecule has 0 aliphatic carbocycles. The Morgan fingerprint density at radius 2 is 1.42 bits per heavy atom. The molecular weight excluding hydrogens is 254 g/mol. The third-order valence-corrected chi connectivity index (χ3v) is 2.15. The van der Waals surface area contributed by atoms with Crippen LogP contribution in [0, 0.1) is 0 Å². The Hall–Kier alpha value is -0.280. The van der Waals surface area contributed by atoms with E-state index in [4.69, 9.17) is 34.9 Å². The molecule has 0 amide bonds. The average Bonchev–Trinajstić information content (AvgIpc) is 2.42. The average molecular weight is 281 g/mol. The number of ether oxygens (including phenoxy) is 4. The van der Waals surface area contributed by atoms with Crippen molar-refractivity contribution in [1.82, 2.24) is 0 Å². The molecule has 4 N–H and O–H groups in total. The first-order valence-electron chi connectivity index (χ1n) is 6.61. The lowest BCUT2D eigenvalue weighted by Gasteiger charge is -2.18. The summed E-state index contributed by atoms with van der Waals surface area (Å²) < 4.78 is 21.2. The highest BCUT2D eigenvalue weighted by Crippen LogP contribution is 1.96. The fourth-order valence-electron chi connectivity index (χ4n) is 1.26. The van der Waals surface area contributed by atoms with Gasteiger partial charge in [-0.25, -0.2) is 0 Å². The molecule has 0 bridgehead atoms. The molecule has 0 atom stereocenters. The Kier molecular flexibility index (Phi) is 15.5. The zero-order valence-electron chi connectivity index (χ0n) is 11.5. The second kappa shape index (κ2) is 15.8. The lowest BCUT2D eigenvalue weighted by molar-refractivity contribution is -0.0786. The predicted octanol–water partition coefficient (Wildman–Crippen LogP) is -1.25. The van der Waals surface area contributed by atoms with Crippen molar-refractivity contribution < 1.29 is 29.2 Å². The SMILES string of the molecule is NCCCOCCOC(COCCO)COCCO. The van der Waals surface area contributed by atoms with Crippen LogP contribution in [0.3, 0.4) is 0 Å². The van der Waals surface area contributed by atoms with Crippen LogP contribution in [0.5, 0.6) is 0 Å². The standard InChI is InChI=1S/C12H27NO6/c13-2-1-5-16-8-9-19-12(10-17-6-3-14)11-18-7-4-15/h12,14-15H,1-11,13H2. The zero-order chi connectivity index (χ0) is 14.2. The van der Waals surface area contributed by atoms with Crippen LogP contribution in [0.15, 0.2) is 0 Å². The molecule has 0 spiro atoms. The van der Waals surface area contributed by atoms with Crippen LogP contribution < -0.4 is 5.73 Å². The monoisotopic (exact) mass is 281 g/mol. The Balaban J connectivity index is 3.58. The third-order valence-electron chi connectivity index (χ3n) is 2.15. The minimum atomic E-state index is -0.226. The predicted molar refractivity (Wildman–Crippen MR) is 70.0 cm³/mol. The minimum Gasteiger partial charge on any atom is -0.394 e. The lowest BCUT2D eigenvalue weighted by Crippen LogP contribution is -2.28. The number of rotatable bonds is 15. The van der Waals surface area contributed by atoms with Gasteiger partial charge in [0.25, 0.3) is 0 Å².